The number of amides is 2. The van der Waals surface area contributed by atoms with Gasteiger partial charge >= 0.3 is 0 Å². The maximum atomic E-state index is 13.2. The maximum absolute atomic E-state index is 13.2. The Kier molecular flexibility index (Phi) is 7.65. The van der Waals surface area contributed by atoms with Crippen molar-refractivity contribution in [1.29, 1.82) is 0 Å². The largest absolute Gasteiger partial charge is 0.497 e. The predicted molar refractivity (Wildman–Crippen MR) is 142 cm³/mol. The summed E-state index contributed by atoms with van der Waals surface area (Å²) in [7, 11) is 1.59. The van der Waals surface area contributed by atoms with Gasteiger partial charge in [-0.05, 0) is 50.1 Å². The highest BCUT2D eigenvalue weighted by Crippen LogP contribution is 2.32. The van der Waals surface area contributed by atoms with Gasteiger partial charge in [-0.25, -0.2) is 9.97 Å². The van der Waals surface area contributed by atoms with E-state index < -0.39 is 5.54 Å². The predicted octanol–water partition coefficient (Wildman–Crippen LogP) is 3.82. The van der Waals surface area contributed by atoms with Crippen molar-refractivity contribution < 1.29 is 19.4 Å². The molecule has 0 radical (unpaired) electrons. The van der Waals surface area contributed by atoms with E-state index in [4.69, 9.17) is 16.3 Å². The number of nitrogens with zero attached hydrogens (tertiary/aromatic N) is 3. The van der Waals surface area contributed by atoms with Gasteiger partial charge in [0.1, 0.15) is 12.3 Å². The molecule has 0 spiro atoms. The first kappa shape index (κ1) is 26.4. The van der Waals surface area contributed by atoms with E-state index in [9.17, 15) is 14.7 Å². The van der Waals surface area contributed by atoms with Gasteiger partial charge in [0.05, 0.1) is 42.2 Å². The molecule has 1 aliphatic heterocycles. The van der Waals surface area contributed by atoms with Gasteiger partial charge in [0, 0.05) is 17.7 Å². The van der Waals surface area contributed by atoms with E-state index in [1.807, 2.05) is 57.2 Å². The first-order valence-corrected chi connectivity index (χ1v) is 12.3. The number of hydrogen-bond acceptors (Lipinski definition) is 7. The first-order valence-electron chi connectivity index (χ1n) is 11.9. The van der Waals surface area contributed by atoms with Gasteiger partial charge < -0.3 is 25.4 Å². The molecule has 194 valence electrons. The van der Waals surface area contributed by atoms with Crippen molar-refractivity contribution in [2.75, 3.05) is 25.6 Å². The van der Waals surface area contributed by atoms with Crippen LogP contribution in [0.1, 0.15) is 48.3 Å². The van der Waals surface area contributed by atoms with Crippen molar-refractivity contribution in [3.05, 3.63) is 70.4 Å². The van der Waals surface area contributed by atoms with Gasteiger partial charge in [-0.15, -0.1) is 0 Å². The molecule has 10 heteroatoms. The maximum Gasteiger partial charge on any atom is 0.254 e. The van der Waals surface area contributed by atoms with Gasteiger partial charge in [-0.1, -0.05) is 35.9 Å². The van der Waals surface area contributed by atoms with E-state index in [0.717, 1.165) is 11.1 Å². The highest BCUT2D eigenvalue weighted by molar-refractivity contribution is 6.33. The number of ether oxygens (including phenoxy) is 1. The van der Waals surface area contributed by atoms with Gasteiger partial charge in [-0.3, -0.25) is 9.59 Å². The Morgan fingerprint density at radius 3 is 2.78 bits per heavy atom. The Morgan fingerprint density at radius 2 is 2.05 bits per heavy atom. The molecule has 3 N–H and O–H groups in total. The number of aromatic nitrogens is 2. The first-order chi connectivity index (χ1) is 17.6. The number of rotatable bonds is 9. The summed E-state index contributed by atoms with van der Waals surface area (Å²) in [6, 6.07) is 12.7. The lowest BCUT2D eigenvalue weighted by Gasteiger charge is -2.23. The molecule has 4 rings (SSSR count). The zero-order valence-corrected chi connectivity index (χ0v) is 22.0. The highest BCUT2D eigenvalue weighted by atomic mass is 35.5. The lowest BCUT2D eigenvalue weighted by Crippen LogP contribution is -2.38. The molecule has 37 heavy (non-hydrogen) atoms. The molecule has 0 aliphatic carbocycles. The summed E-state index contributed by atoms with van der Waals surface area (Å²) < 4.78 is 5.25. The monoisotopic (exact) mass is 523 g/mol. The molecule has 2 heterocycles. The number of aliphatic hydroxyl groups is 1. The van der Waals surface area contributed by atoms with E-state index in [2.05, 4.69) is 20.6 Å². The molecular weight excluding hydrogens is 494 g/mol. The number of halogens is 1. The molecule has 0 saturated carbocycles. The van der Waals surface area contributed by atoms with Crippen LogP contribution in [0, 0.1) is 0 Å². The van der Waals surface area contributed by atoms with Gasteiger partial charge in [0.2, 0.25) is 11.9 Å². The smallest absolute Gasteiger partial charge is 0.254 e. The van der Waals surface area contributed by atoms with Crippen LogP contribution in [0.25, 0.3) is 11.3 Å². The number of carbonyl (C=O) groups is 2. The lowest BCUT2D eigenvalue weighted by molar-refractivity contribution is -0.122. The fourth-order valence-corrected chi connectivity index (χ4v) is 4.26. The molecule has 0 bridgehead atoms. The van der Waals surface area contributed by atoms with Gasteiger partial charge in [-0.2, -0.15) is 0 Å². The van der Waals surface area contributed by atoms with Crippen molar-refractivity contribution in [2.24, 2.45) is 0 Å². The molecular formula is C27H30ClN5O4. The minimum Gasteiger partial charge on any atom is -0.497 e. The van der Waals surface area contributed by atoms with E-state index >= 15 is 0 Å². The molecule has 2 aromatic carbocycles. The quantitative estimate of drug-likeness (QED) is 0.390. The van der Waals surface area contributed by atoms with Crippen LogP contribution in [-0.2, 0) is 11.3 Å². The number of benzene rings is 2. The average molecular weight is 524 g/mol. The van der Waals surface area contributed by atoms with Crippen LogP contribution >= 0.6 is 11.6 Å². The molecule has 1 aliphatic rings. The van der Waals surface area contributed by atoms with Crippen LogP contribution in [0.15, 0.2) is 48.7 Å². The second kappa shape index (κ2) is 10.7. The third-order valence-electron chi connectivity index (χ3n) is 6.16. The minimum absolute atomic E-state index is 0.0598. The summed E-state index contributed by atoms with van der Waals surface area (Å²) in [5.74, 6) is 0.542. The van der Waals surface area contributed by atoms with Gasteiger partial charge in [0.25, 0.3) is 5.91 Å². The number of aliphatic hydroxyl groups excluding tert-OH is 1. The highest BCUT2D eigenvalue weighted by Gasteiger charge is 2.30. The molecule has 2 amide bonds. The number of fused-ring (bicyclic) bond motifs is 1. The molecule has 1 aromatic heterocycles. The van der Waals surface area contributed by atoms with E-state index in [0.29, 0.717) is 40.1 Å². The van der Waals surface area contributed by atoms with Crippen molar-refractivity contribution in [3.8, 4) is 17.0 Å². The zero-order valence-electron chi connectivity index (χ0n) is 21.2. The van der Waals surface area contributed by atoms with Gasteiger partial charge in [0.15, 0.2) is 0 Å². The van der Waals surface area contributed by atoms with E-state index in [-0.39, 0.29) is 31.0 Å². The summed E-state index contributed by atoms with van der Waals surface area (Å²) in [4.78, 5) is 36.1. The molecule has 3 aromatic rings. The Balaban J connectivity index is 1.47. The third-order valence-corrected chi connectivity index (χ3v) is 6.43. The number of anilines is 1. The van der Waals surface area contributed by atoms with Crippen molar-refractivity contribution in [1.82, 2.24) is 20.2 Å². The number of nitrogens with one attached hydrogen (secondary N) is 2. The summed E-state index contributed by atoms with van der Waals surface area (Å²) in [5.41, 5.74) is 2.74. The Labute approximate surface area is 220 Å². The normalized spacial score (nSPS) is 13.8. The van der Waals surface area contributed by atoms with Crippen molar-refractivity contribution in [3.63, 3.8) is 0 Å². The number of hydrogen-bond donors (Lipinski definition) is 3. The lowest BCUT2D eigenvalue weighted by atomic mass is 10.0. The van der Waals surface area contributed by atoms with Crippen LogP contribution in [0.2, 0.25) is 5.02 Å². The Morgan fingerprint density at radius 1 is 1.27 bits per heavy atom. The molecule has 0 fully saturated rings. The summed E-state index contributed by atoms with van der Waals surface area (Å²) in [5, 5.41) is 15.9. The van der Waals surface area contributed by atoms with Crippen LogP contribution in [0.3, 0.4) is 0 Å². The molecule has 1 unspecified atom stereocenters. The second-order valence-corrected chi connectivity index (χ2v) is 10.1. The fourth-order valence-electron chi connectivity index (χ4n) is 4.06. The third kappa shape index (κ3) is 6.00. The average Bonchev–Trinajstić information content (AvgIpc) is 3.19. The SMILES string of the molecule is COc1cccc(C(C)NC(=O)CN2Cc3ccc(-c4nc(NC(C)(C)CO)ncc4Cl)cc3C2=O)c1. The molecule has 9 nitrogen and oxygen atoms in total. The minimum atomic E-state index is -0.621. The fraction of sp³-hybridized carbons (Fsp3) is 0.333. The van der Waals surface area contributed by atoms with Crippen LogP contribution in [0.4, 0.5) is 5.95 Å². The number of methoxy groups -OCH3 is 1. The second-order valence-electron chi connectivity index (χ2n) is 9.66. The number of carbonyl (C=O) groups excluding carboxylic acids is 2. The Bertz CT molecular complexity index is 1330. The van der Waals surface area contributed by atoms with E-state index in [1.54, 1.807) is 13.2 Å². The summed E-state index contributed by atoms with van der Waals surface area (Å²) >= 11 is 6.38. The van der Waals surface area contributed by atoms with Crippen molar-refractivity contribution in [2.45, 2.75) is 38.9 Å². The molecule has 1 atom stereocenters. The van der Waals surface area contributed by atoms with E-state index in [1.165, 1.54) is 11.1 Å². The van der Waals surface area contributed by atoms with Crippen molar-refractivity contribution >= 4 is 29.4 Å². The molecule has 0 saturated heterocycles. The zero-order chi connectivity index (χ0) is 26.7. The Hall–Kier alpha value is -3.69. The van der Waals surface area contributed by atoms with Crippen LogP contribution in [0.5, 0.6) is 5.75 Å². The summed E-state index contributed by atoms with van der Waals surface area (Å²) in [6.07, 6.45) is 1.48. The standard InChI is InChI=1S/C27H30ClN5O4/c1-16(17-6-5-7-20(10-17)37-4)30-23(35)14-33-13-19-9-8-18(11-21(19)25(33)36)24-22(28)12-29-26(31-24)32-27(2,3)15-34/h5-12,16,34H,13-15H2,1-4H3,(H,30,35)(H,29,31,32). The summed E-state index contributed by atoms with van der Waals surface area (Å²) in [6.45, 7) is 5.70. The topological polar surface area (TPSA) is 117 Å². The van der Waals surface area contributed by atoms with Crippen LogP contribution in [-0.4, -0.2) is 57.6 Å². The van der Waals surface area contributed by atoms with Crippen LogP contribution < -0.4 is 15.4 Å².